The number of hydrogen-bond acceptors (Lipinski definition) is 3. The highest BCUT2D eigenvalue weighted by atomic mass is 16.5. The van der Waals surface area contributed by atoms with Crippen LogP contribution >= 0.6 is 0 Å². The summed E-state index contributed by atoms with van der Waals surface area (Å²) in [7, 11) is 0. The third-order valence-electron chi connectivity index (χ3n) is 2.86. The van der Waals surface area contributed by atoms with E-state index >= 15 is 0 Å². The number of phenols is 1. The first-order valence-electron chi connectivity index (χ1n) is 5.22. The summed E-state index contributed by atoms with van der Waals surface area (Å²) in [6.45, 7) is 1.87. The monoisotopic (exact) mass is 222 g/mol. The van der Waals surface area contributed by atoms with Crippen molar-refractivity contribution >= 4 is 5.97 Å². The van der Waals surface area contributed by atoms with Crippen molar-refractivity contribution in [3.8, 4) is 11.5 Å². The Bertz CT molecular complexity index is 427. The second kappa shape index (κ2) is 3.70. The lowest BCUT2D eigenvalue weighted by atomic mass is 9.94. The molecule has 1 aliphatic heterocycles. The minimum Gasteiger partial charge on any atom is -0.504 e. The molecule has 1 aromatic carbocycles. The number of aromatic hydroxyl groups is 1. The van der Waals surface area contributed by atoms with Gasteiger partial charge in [-0.05, 0) is 19.4 Å². The molecule has 16 heavy (non-hydrogen) atoms. The van der Waals surface area contributed by atoms with Crippen molar-refractivity contribution in [3.63, 3.8) is 0 Å². The molecule has 0 saturated carbocycles. The Balaban J connectivity index is 2.15. The Morgan fingerprint density at radius 2 is 2.31 bits per heavy atom. The van der Waals surface area contributed by atoms with Crippen molar-refractivity contribution in [3.05, 3.63) is 23.8 Å². The number of carboxylic acids is 1. The molecule has 0 fully saturated rings. The van der Waals surface area contributed by atoms with Gasteiger partial charge in [-0.25, -0.2) is 0 Å². The molecule has 1 aromatic rings. The highest BCUT2D eigenvalue weighted by Gasteiger charge is 2.36. The van der Waals surface area contributed by atoms with Gasteiger partial charge in [0.2, 0.25) is 0 Å². The van der Waals surface area contributed by atoms with Crippen molar-refractivity contribution in [1.82, 2.24) is 0 Å². The molecule has 0 saturated heterocycles. The molecule has 0 aromatic heterocycles. The van der Waals surface area contributed by atoms with Gasteiger partial charge >= 0.3 is 5.97 Å². The van der Waals surface area contributed by atoms with E-state index in [-0.39, 0.29) is 12.2 Å². The summed E-state index contributed by atoms with van der Waals surface area (Å²) in [6, 6.07) is 5.23. The lowest BCUT2D eigenvalue weighted by Gasteiger charge is -2.23. The van der Waals surface area contributed by atoms with Gasteiger partial charge < -0.3 is 14.9 Å². The molecule has 0 amide bonds. The molecule has 1 heterocycles. The maximum Gasteiger partial charge on any atom is 0.303 e. The predicted octanol–water partition coefficient (Wildman–Crippen LogP) is 1.95. The van der Waals surface area contributed by atoms with Gasteiger partial charge in [-0.15, -0.1) is 0 Å². The van der Waals surface area contributed by atoms with E-state index in [9.17, 15) is 9.90 Å². The first-order valence-corrected chi connectivity index (χ1v) is 5.22. The first kappa shape index (κ1) is 10.8. The Morgan fingerprint density at radius 1 is 1.56 bits per heavy atom. The highest BCUT2D eigenvalue weighted by Crippen LogP contribution is 2.42. The molecular weight excluding hydrogens is 208 g/mol. The standard InChI is InChI=1S/C12H14O4/c1-12(6-5-10(14)15)7-8-3-2-4-9(13)11(8)16-12/h2-4,13H,5-7H2,1H3,(H,14,15). The Kier molecular flexibility index (Phi) is 2.50. The molecule has 4 nitrogen and oxygen atoms in total. The molecule has 86 valence electrons. The van der Waals surface area contributed by atoms with Crippen LogP contribution < -0.4 is 4.74 Å². The fourth-order valence-corrected chi connectivity index (χ4v) is 2.02. The third kappa shape index (κ3) is 1.96. The highest BCUT2D eigenvalue weighted by molar-refractivity contribution is 5.66. The molecule has 1 atom stereocenters. The van der Waals surface area contributed by atoms with Crippen molar-refractivity contribution in [2.45, 2.75) is 31.8 Å². The minimum absolute atomic E-state index is 0.0747. The van der Waals surface area contributed by atoms with E-state index in [0.717, 1.165) is 5.56 Å². The molecule has 4 heteroatoms. The number of ether oxygens (including phenoxy) is 1. The van der Waals surface area contributed by atoms with Crippen molar-refractivity contribution in [2.75, 3.05) is 0 Å². The van der Waals surface area contributed by atoms with Gasteiger partial charge in [0, 0.05) is 18.4 Å². The Morgan fingerprint density at radius 3 is 2.94 bits per heavy atom. The molecule has 2 N–H and O–H groups in total. The topological polar surface area (TPSA) is 66.8 Å². The average Bonchev–Trinajstić information content (AvgIpc) is 2.55. The van der Waals surface area contributed by atoms with E-state index in [2.05, 4.69) is 0 Å². The summed E-state index contributed by atoms with van der Waals surface area (Å²) in [4.78, 5) is 10.5. The number of para-hydroxylation sites is 1. The van der Waals surface area contributed by atoms with Crippen LogP contribution in [-0.2, 0) is 11.2 Å². The molecule has 2 rings (SSSR count). The molecule has 0 bridgehead atoms. The van der Waals surface area contributed by atoms with Crippen LogP contribution in [0.1, 0.15) is 25.3 Å². The summed E-state index contributed by atoms with van der Waals surface area (Å²) in [6.07, 6.45) is 1.16. The Hall–Kier alpha value is -1.71. The van der Waals surface area contributed by atoms with E-state index < -0.39 is 11.6 Å². The summed E-state index contributed by atoms with van der Waals surface area (Å²) in [5.74, 6) is -0.211. The number of aliphatic carboxylic acids is 1. The normalized spacial score (nSPS) is 22.6. The van der Waals surface area contributed by atoms with Crippen LogP contribution in [-0.4, -0.2) is 21.8 Å². The summed E-state index contributed by atoms with van der Waals surface area (Å²) < 4.78 is 5.66. The first-order chi connectivity index (χ1) is 7.50. The van der Waals surface area contributed by atoms with E-state index in [1.165, 1.54) is 0 Å². The van der Waals surface area contributed by atoms with Gasteiger partial charge in [-0.1, -0.05) is 12.1 Å². The fraction of sp³-hybridized carbons (Fsp3) is 0.417. The van der Waals surface area contributed by atoms with Crippen molar-refractivity contribution in [1.29, 1.82) is 0 Å². The van der Waals surface area contributed by atoms with Crippen LogP contribution in [0.4, 0.5) is 0 Å². The van der Waals surface area contributed by atoms with Crippen LogP contribution in [0.2, 0.25) is 0 Å². The van der Waals surface area contributed by atoms with Crippen LogP contribution in [0.5, 0.6) is 11.5 Å². The van der Waals surface area contributed by atoms with Gasteiger partial charge in [-0.2, -0.15) is 0 Å². The van der Waals surface area contributed by atoms with Gasteiger partial charge in [0.1, 0.15) is 5.60 Å². The van der Waals surface area contributed by atoms with Crippen LogP contribution in [0.3, 0.4) is 0 Å². The SMILES string of the molecule is CC1(CCC(=O)O)Cc2cccc(O)c2O1. The van der Waals surface area contributed by atoms with Gasteiger partial charge in [0.15, 0.2) is 11.5 Å². The van der Waals surface area contributed by atoms with Crippen molar-refractivity contribution in [2.24, 2.45) is 0 Å². The largest absolute Gasteiger partial charge is 0.504 e. The summed E-state index contributed by atoms with van der Waals surface area (Å²) in [5.41, 5.74) is 0.424. The predicted molar refractivity (Wildman–Crippen MR) is 57.7 cm³/mol. The maximum absolute atomic E-state index is 10.5. The number of carboxylic acid groups (broad SMARTS) is 1. The fourth-order valence-electron chi connectivity index (χ4n) is 2.02. The van der Waals surface area contributed by atoms with Gasteiger partial charge in [-0.3, -0.25) is 4.79 Å². The summed E-state index contributed by atoms with van der Waals surface area (Å²) in [5, 5.41) is 18.3. The van der Waals surface area contributed by atoms with E-state index in [1.807, 2.05) is 13.0 Å². The maximum atomic E-state index is 10.5. The summed E-state index contributed by atoms with van der Waals surface area (Å²) >= 11 is 0. The molecular formula is C12H14O4. The minimum atomic E-state index is -0.829. The average molecular weight is 222 g/mol. The zero-order valence-electron chi connectivity index (χ0n) is 9.06. The number of benzene rings is 1. The van der Waals surface area contributed by atoms with E-state index in [1.54, 1.807) is 12.1 Å². The number of hydrogen-bond donors (Lipinski definition) is 2. The quantitative estimate of drug-likeness (QED) is 0.820. The number of fused-ring (bicyclic) bond motifs is 1. The number of carbonyl (C=O) groups is 1. The smallest absolute Gasteiger partial charge is 0.303 e. The molecule has 0 aliphatic carbocycles. The second-order valence-electron chi connectivity index (χ2n) is 4.39. The zero-order valence-corrected chi connectivity index (χ0v) is 9.06. The lowest BCUT2D eigenvalue weighted by Crippen LogP contribution is -2.30. The van der Waals surface area contributed by atoms with Crippen LogP contribution in [0, 0.1) is 0 Å². The number of rotatable bonds is 3. The third-order valence-corrected chi connectivity index (χ3v) is 2.86. The molecule has 0 spiro atoms. The van der Waals surface area contributed by atoms with Gasteiger partial charge in [0.05, 0.1) is 0 Å². The zero-order chi connectivity index (χ0) is 11.8. The van der Waals surface area contributed by atoms with Crippen molar-refractivity contribution < 1.29 is 19.7 Å². The lowest BCUT2D eigenvalue weighted by molar-refractivity contribution is -0.138. The number of phenolic OH excluding ortho intramolecular Hbond substituents is 1. The van der Waals surface area contributed by atoms with Crippen LogP contribution in [0.25, 0.3) is 0 Å². The van der Waals surface area contributed by atoms with E-state index in [4.69, 9.17) is 9.84 Å². The molecule has 0 radical (unpaired) electrons. The molecule has 1 unspecified atom stereocenters. The second-order valence-corrected chi connectivity index (χ2v) is 4.39. The van der Waals surface area contributed by atoms with E-state index in [0.29, 0.717) is 18.6 Å². The molecule has 1 aliphatic rings. The van der Waals surface area contributed by atoms with Crippen LogP contribution in [0.15, 0.2) is 18.2 Å². The van der Waals surface area contributed by atoms with Gasteiger partial charge in [0.25, 0.3) is 0 Å². The Labute approximate surface area is 93.5 Å².